The van der Waals surface area contributed by atoms with Gasteiger partial charge in [-0.2, -0.15) is 0 Å². The van der Waals surface area contributed by atoms with E-state index in [0.29, 0.717) is 15.6 Å². The largest absolute Gasteiger partial charge is 0.298 e. The number of Topliss-reactive ketones (excluding diaryl/α,β-unsaturated/α-hetero) is 1. The lowest BCUT2D eigenvalue weighted by Gasteiger charge is -2.05. The molecule has 0 unspecified atom stereocenters. The van der Waals surface area contributed by atoms with Crippen LogP contribution >= 0.6 is 23.2 Å². The van der Waals surface area contributed by atoms with Crippen molar-refractivity contribution in [1.82, 2.24) is 0 Å². The van der Waals surface area contributed by atoms with Gasteiger partial charge in [0.05, 0.1) is 0 Å². The molecule has 0 aromatic heterocycles. The first-order chi connectivity index (χ1) is 7.29. The second kappa shape index (κ2) is 5.17. The van der Waals surface area contributed by atoms with Gasteiger partial charge in [-0.3, -0.25) is 4.79 Å². The summed E-state index contributed by atoms with van der Waals surface area (Å²) in [7, 11) is -3.30. The van der Waals surface area contributed by atoms with E-state index in [0.717, 1.165) is 6.26 Å². The van der Waals surface area contributed by atoms with Crippen LogP contribution in [0.2, 0.25) is 10.0 Å². The highest BCUT2D eigenvalue weighted by molar-refractivity contribution is 7.91. The minimum atomic E-state index is -3.30. The third kappa shape index (κ3) is 4.12. The Hall–Kier alpha value is -0.580. The summed E-state index contributed by atoms with van der Waals surface area (Å²) in [6.45, 7) is 0. The van der Waals surface area contributed by atoms with E-state index >= 15 is 0 Å². The maximum atomic E-state index is 11.4. The SMILES string of the molecule is CS(=O)(=O)CC(=O)Cc1c(Cl)cccc1Cl. The number of carbonyl (C=O) groups excluding carboxylic acids is 1. The van der Waals surface area contributed by atoms with Crippen molar-refractivity contribution in [3.63, 3.8) is 0 Å². The molecule has 1 aromatic carbocycles. The van der Waals surface area contributed by atoms with E-state index in [1.165, 1.54) is 0 Å². The van der Waals surface area contributed by atoms with Gasteiger partial charge in [0, 0.05) is 22.7 Å². The van der Waals surface area contributed by atoms with E-state index < -0.39 is 21.4 Å². The molecule has 6 heteroatoms. The number of carbonyl (C=O) groups is 1. The maximum Gasteiger partial charge on any atom is 0.154 e. The van der Waals surface area contributed by atoms with Crippen molar-refractivity contribution in [2.45, 2.75) is 6.42 Å². The molecule has 16 heavy (non-hydrogen) atoms. The van der Waals surface area contributed by atoms with Crippen molar-refractivity contribution in [3.05, 3.63) is 33.8 Å². The van der Waals surface area contributed by atoms with Crippen LogP contribution in [-0.4, -0.2) is 26.2 Å². The highest BCUT2D eigenvalue weighted by Gasteiger charge is 2.15. The van der Waals surface area contributed by atoms with E-state index in [2.05, 4.69) is 0 Å². The van der Waals surface area contributed by atoms with Crippen LogP contribution in [-0.2, 0) is 21.1 Å². The van der Waals surface area contributed by atoms with Crippen molar-refractivity contribution in [1.29, 1.82) is 0 Å². The number of hydrogen-bond donors (Lipinski definition) is 0. The van der Waals surface area contributed by atoms with E-state index in [-0.39, 0.29) is 6.42 Å². The molecule has 0 amide bonds. The van der Waals surface area contributed by atoms with Crippen LogP contribution in [0.1, 0.15) is 5.56 Å². The first kappa shape index (κ1) is 13.5. The van der Waals surface area contributed by atoms with Crippen molar-refractivity contribution >= 4 is 38.8 Å². The summed E-state index contributed by atoms with van der Waals surface area (Å²) < 4.78 is 21.8. The fourth-order valence-electron chi connectivity index (χ4n) is 1.24. The fourth-order valence-corrected chi connectivity index (χ4v) is 2.46. The smallest absolute Gasteiger partial charge is 0.154 e. The van der Waals surface area contributed by atoms with Crippen LogP contribution < -0.4 is 0 Å². The molecule has 0 saturated carbocycles. The first-order valence-corrected chi connectivity index (χ1v) is 7.23. The van der Waals surface area contributed by atoms with E-state index in [1.807, 2.05) is 0 Å². The van der Waals surface area contributed by atoms with Crippen LogP contribution in [0.15, 0.2) is 18.2 Å². The molecule has 0 spiro atoms. The molecule has 3 nitrogen and oxygen atoms in total. The molecule has 0 saturated heterocycles. The lowest BCUT2D eigenvalue weighted by molar-refractivity contribution is -0.116. The Morgan fingerprint density at radius 2 is 1.75 bits per heavy atom. The molecular weight excluding hydrogens is 271 g/mol. The summed E-state index contributed by atoms with van der Waals surface area (Å²) in [4.78, 5) is 11.4. The summed E-state index contributed by atoms with van der Waals surface area (Å²) in [5, 5.41) is 0.740. The van der Waals surface area contributed by atoms with Gasteiger partial charge in [-0.05, 0) is 17.7 Å². The molecule has 0 aliphatic carbocycles. The molecule has 0 N–H and O–H groups in total. The molecule has 0 radical (unpaired) electrons. The summed E-state index contributed by atoms with van der Waals surface area (Å²) in [6, 6.07) is 4.88. The molecule has 0 aliphatic heterocycles. The molecule has 0 heterocycles. The molecule has 88 valence electrons. The van der Waals surface area contributed by atoms with Crippen molar-refractivity contribution < 1.29 is 13.2 Å². The van der Waals surface area contributed by atoms with Crippen molar-refractivity contribution in [2.75, 3.05) is 12.0 Å². The van der Waals surface area contributed by atoms with Gasteiger partial charge in [-0.25, -0.2) is 8.42 Å². The lowest BCUT2D eigenvalue weighted by atomic mass is 10.1. The second-order valence-corrected chi connectivity index (χ2v) is 6.44. The summed E-state index contributed by atoms with van der Waals surface area (Å²) in [5.74, 6) is -0.910. The predicted octanol–water partition coefficient (Wildman–Crippen LogP) is 2.15. The van der Waals surface area contributed by atoms with Crippen LogP contribution in [0.4, 0.5) is 0 Å². The summed E-state index contributed by atoms with van der Waals surface area (Å²) >= 11 is 11.7. The van der Waals surface area contributed by atoms with Gasteiger partial charge in [0.2, 0.25) is 0 Å². The quantitative estimate of drug-likeness (QED) is 0.849. The van der Waals surface area contributed by atoms with Gasteiger partial charge in [0.25, 0.3) is 0 Å². The molecular formula is C10H10Cl2O3S. The summed E-state index contributed by atoms with van der Waals surface area (Å²) in [5.41, 5.74) is 0.472. The van der Waals surface area contributed by atoms with Gasteiger partial charge in [0.1, 0.15) is 5.75 Å². The Morgan fingerprint density at radius 1 is 1.25 bits per heavy atom. The monoisotopic (exact) mass is 280 g/mol. The fraction of sp³-hybridized carbons (Fsp3) is 0.300. The Bertz CT molecular complexity index is 489. The number of rotatable bonds is 4. The first-order valence-electron chi connectivity index (χ1n) is 4.42. The molecule has 0 bridgehead atoms. The van der Waals surface area contributed by atoms with Gasteiger partial charge in [-0.15, -0.1) is 0 Å². The Morgan fingerprint density at radius 3 is 2.19 bits per heavy atom. The normalized spacial score (nSPS) is 11.4. The van der Waals surface area contributed by atoms with Crippen molar-refractivity contribution in [2.24, 2.45) is 0 Å². The highest BCUT2D eigenvalue weighted by Crippen LogP contribution is 2.24. The molecule has 0 aliphatic rings. The van der Waals surface area contributed by atoms with Gasteiger partial charge in [0.15, 0.2) is 15.6 Å². The van der Waals surface area contributed by atoms with Gasteiger partial charge >= 0.3 is 0 Å². The minimum absolute atomic E-state index is 0.0639. The number of sulfone groups is 1. The van der Waals surface area contributed by atoms with Crippen LogP contribution in [0.5, 0.6) is 0 Å². The Kier molecular flexibility index (Phi) is 4.35. The van der Waals surface area contributed by atoms with E-state index in [4.69, 9.17) is 23.2 Å². The average molecular weight is 281 g/mol. The van der Waals surface area contributed by atoms with Crippen LogP contribution in [0.25, 0.3) is 0 Å². The summed E-state index contributed by atoms with van der Waals surface area (Å²) in [6.07, 6.45) is 0.949. The molecule has 0 fully saturated rings. The lowest BCUT2D eigenvalue weighted by Crippen LogP contribution is -2.16. The zero-order valence-electron chi connectivity index (χ0n) is 8.54. The van der Waals surface area contributed by atoms with E-state index in [9.17, 15) is 13.2 Å². The van der Waals surface area contributed by atoms with E-state index in [1.54, 1.807) is 18.2 Å². The number of ketones is 1. The second-order valence-electron chi connectivity index (χ2n) is 3.49. The molecule has 1 rings (SSSR count). The zero-order valence-corrected chi connectivity index (χ0v) is 10.9. The topological polar surface area (TPSA) is 51.2 Å². The number of halogens is 2. The predicted molar refractivity (Wildman–Crippen MR) is 64.9 cm³/mol. The Labute approximate surface area is 104 Å². The highest BCUT2D eigenvalue weighted by atomic mass is 35.5. The van der Waals surface area contributed by atoms with Gasteiger partial charge < -0.3 is 0 Å². The number of hydrogen-bond acceptors (Lipinski definition) is 3. The Balaban J connectivity index is 2.86. The maximum absolute atomic E-state index is 11.4. The molecule has 1 aromatic rings. The van der Waals surface area contributed by atoms with Crippen LogP contribution in [0.3, 0.4) is 0 Å². The van der Waals surface area contributed by atoms with Gasteiger partial charge in [-0.1, -0.05) is 29.3 Å². The third-order valence-electron chi connectivity index (χ3n) is 1.86. The zero-order chi connectivity index (χ0) is 12.3. The standard InChI is InChI=1S/C10H10Cl2O3S/c1-16(14,15)6-7(13)5-8-9(11)3-2-4-10(8)12/h2-4H,5-6H2,1H3. The average Bonchev–Trinajstić information content (AvgIpc) is 2.08. The third-order valence-corrected chi connectivity index (χ3v) is 3.41. The van der Waals surface area contributed by atoms with Crippen LogP contribution in [0, 0.1) is 0 Å². The van der Waals surface area contributed by atoms with Crippen molar-refractivity contribution in [3.8, 4) is 0 Å². The molecule has 0 atom stereocenters. The number of benzene rings is 1. The minimum Gasteiger partial charge on any atom is -0.298 e.